The molecule has 0 radical (unpaired) electrons. The van der Waals surface area contributed by atoms with E-state index < -0.39 is 0 Å². The summed E-state index contributed by atoms with van der Waals surface area (Å²) >= 11 is 0. The van der Waals surface area contributed by atoms with Crippen molar-refractivity contribution in [2.24, 2.45) is 0 Å². The number of fused-ring (bicyclic) bond motifs is 8. The molecule has 0 spiro atoms. The summed E-state index contributed by atoms with van der Waals surface area (Å²) in [7, 11) is 0. The molecule has 4 nitrogen and oxygen atoms in total. The normalized spacial score (nSPS) is 11.8. The van der Waals surface area contributed by atoms with Gasteiger partial charge in [-0.3, -0.25) is 0 Å². The lowest BCUT2D eigenvalue weighted by atomic mass is 9.97. The van der Waals surface area contributed by atoms with Crippen molar-refractivity contribution in [3.05, 3.63) is 216 Å². The molecule has 64 heavy (non-hydrogen) atoms. The maximum atomic E-state index is 7.00. The molecule has 12 rings (SSSR count). The van der Waals surface area contributed by atoms with Crippen molar-refractivity contribution in [3.8, 4) is 11.1 Å². The summed E-state index contributed by atoms with van der Waals surface area (Å²) in [5.74, 6) is 0. The number of hydrogen-bond acceptors (Lipinski definition) is 4. The van der Waals surface area contributed by atoms with Crippen molar-refractivity contribution in [1.29, 1.82) is 0 Å². The molecule has 12 aromatic rings. The summed E-state index contributed by atoms with van der Waals surface area (Å²) in [4.78, 5) is 4.71. The Bertz CT molecular complexity index is 3570. The van der Waals surface area contributed by atoms with Gasteiger partial charge in [0.1, 0.15) is 22.3 Å². The van der Waals surface area contributed by atoms with Gasteiger partial charge in [-0.15, -0.1) is 0 Å². The van der Waals surface area contributed by atoms with Gasteiger partial charge in [0.25, 0.3) is 0 Å². The fraction of sp³-hybridized carbons (Fsp3) is 0.0667. The molecule has 4 heteroatoms. The average molecular weight is 825 g/mol. The molecule has 0 amide bonds. The summed E-state index contributed by atoms with van der Waals surface area (Å²) in [5, 5.41) is 8.82. The van der Waals surface area contributed by atoms with Crippen molar-refractivity contribution in [1.82, 2.24) is 0 Å². The van der Waals surface area contributed by atoms with E-state index in [2.05, 4.69) is 232 Å². The van der Waals surface area contributed by atoms with Crippen molar-refractivity contribution < 1.29 is 8.83 Å². The molecule has 0 aliphatic heterocycles. The quantitative estimate of drug-likeness (QED) is 0.160. The first-order valence-electron chi connectivity index (χ1n) is 22.0. The number of rotatable bonds is 7. The molecule has 0 saturated carbocycles. The largest absolute Gasteiger partial charge is 0.455 e. The van der Waals surface area contributed by atoms with Crippen LogP contribution >= 0.6 is 0 Å². The van der Waals surface area contributed by atoms with Gasteiger partial charge < -0.3 is 18.6 Å². The van der Waals surface area contributed by atoms with Gasteiger partial charge in [-0.05, 0) is 168 Å². The predicted octanol–water partition coefficient (Wildman–Crippen LogP) is 17.6. The Kier molecular flexibility index (Phi) is 8.70. The number of nitrogens with zero attached hydrogens (tertiary/aromatic N) is 2. The molecule has 0 bridgehead atoms. The van der Waals surface area contributed by atoms with Crippen LogP contribution in [0.25, 0.3) is 76.5 Å². The number of benzene rings is 10. The minimum absolute atomic E-state index is 0.823. The third kappa shape index (κ3) is 6.21. The van der Waals surface area contributed by atoms with Crippen LogP contribution in [0.2, 0.25) is 0 Å². The van der Waals surface area contributed by atoms with Gasteiger partial charge in [0, 0.05) is 55.7 Å². The first-order chi connectivity index (χ1) is 31.3. The predicted molar refractivity (Wildman–Crippen MR) is 270 cm³/mol. The highest BCUT2D eigenvalue weighted by Crippen LogP contribution is 2.47. The highest BCUT2D eigenvalue weighted by Gasteiger charge is 2.23. The van der Waals surface area contributed by atoms with Gasteiger partial charge in [0.15, 0.2) is 0 Å². The first kappa shape index (κ1) is 37.7. The van der Waals surface area contributed by atoms with Crippen LogP contribution < -0.4 is 9.80 Å². The van der Waals surface area contributed by atoms with Gasteiger partial charge in [-0.2, -0.15) is 0 Å². The highest BCUT2D eigenvalue weighted by molar-refractivity contribution is 6.24. The van der Waals surface area contributed by atoms with Crippen molar-refractivity contribution in [3.63, 3.8) is 0 Å². The molecule has 0 atom stereocenters. The maximum Gasteiger partial charge on any atom is 0.147 e. The molecule has 0 aliphatic rings. The minimum atomic E-state index is 0.823. The lowest BCUT2D eigenvalue weighted by Gasteiger charge is -2.27. The minimum Gasteiger partial charge on any atom is -0.455 e. The second-order valence-corrected chi connectivity index (χ2v) is 17.3. The molecule has 10 aromatic carbocycles. The summed E-state index contributed by atoms with van der Waals surface area (Å²) in [6.45, 7) is 8.64. The molecule has 0 N–H and O–H groups in total. The molecule has 2 aromatic heterocycles. The van der Waals surface area contributed by atoms with Crippen molar-refractivity contribution in [2.45, 2.75) is 27.7 Å². The third-order valence-corrected chi connectivity index (χ3v) is 12.9. The second kappa shape index (κ2) is 14.8. The van der Waals surface area contributed by atoms with E-state index in [0.717, 1.165) is 111 Å². The molecule has 0 fully saturated rings. The zero-order valence-corrected chi connectivity index (χ0v) is 36.2. The van der Waals surface area contributed by atoms with Gasteiger partial charge in [-0.25, -0.2) is 0 Å². The molecule has 0 saturated heterocycles. The lowest BCUT2D eigenvalue weighted by molar-refractivity contribution is 0.658. The van der Waals surface area contributed by atoms with Gasteiger partial charge in [0.2, 0.25) is 0 Å². The monoisotopic (exact) mass is 824 g/mol. The number of aryl methyl sites for hydroxylation is 4. The van der Waals surface area contributed by atoms with Gasteiger partial charge in [0.05, 0.1) is 5.56 Å². The van der Waals surface area contributed by atoms with Crippen LogP contribution in [0.3, 0.4) is 0 Å². The Morgan fingerprint density at radius 2 is 0.781 bits per heavy atom. The van der Waals surface area contributed by atoms with E-state index in [9.17, 15) is 0 Å². The Morgan fingerprint density at radius 3 is 1.25 bits per heavy atom. The lowest BCUT2D eigenvalue weighted by Crippen LogP contribution is -2.11. The Labute approximate surface area is 371 Å². The number of furan rings is 2. The zero-order chi connectivity index (χ0) is 43.1. The summed E-state index contributed by atoms with van der Waals surface area (Å²) in [5.41, 5.74) is 16.9. The van der Waals surface area contributed by atoms with Crippen LogP contribution in [0.1, 0.15) is 22.3 Å². The Hall–Kier alpha value is -8.08. The smallest absolute Gasteiger partial charge is 0.147 e. The molecule has 306 valence electrons. The summed E-state index contributed by atoms with van der Waals surface area (Å²) in [6.07, 6.45) is 0. The van der Waals surface area contributed by atoms with E-state index in [-0.39, 0.29) is 0 Å². The van der Waals surface area contributed by atoms with Crippen LogP contribution in [-0.4, -0.2) is 0 Å². The van der Waals surface area contributed by atoms with E-state index in [1.165, 1.54) is 22.3 Å². The number of para-hydroxylation sites is 2. The van der Waals surface area contributed by atoms with Crippen molar-refractivity contribution in [2.75, 3.05) is 9.80 Å². The molecule has 0 unspecified atom stereocenters. The highest BCUT2D eigenvalue weighted by atomic mass is 16.3. The fourth-order valence-electron chi connectivity index (χ4n) is 9.76. The molecular weight excluding hydrogens is 781 g/mol. The maximum absolute atomic E-state index is 7.00. The molecule has 2 heterocycles. The van der Waals surface area contributed by atoms with Crippen LogP contribution in [0.4, 0.5) is 34.1 Å². The van der Waals surface area contributed by atoms with Crippen LogP contribution in [0, 0.1) is 27.7 Å². The van der Waals surface area contributed by atoms with Gasteiger partial charge in [-0.1, -0.05) is 103 Å². The SMILES string of the molecule is Cc1cccc(N(c2ccc3cc4c(cc3c2)oc2c(-c3ccccc3)c3oc5cc6cc(N(c7cccc(C)c7)c7ccccc7C)ccc6cc5c3cc24)c2ccccc2C)c1. The van der Waals surface area contributed by atoms with E-state index in [1.54, 1.807) is 0 Å². The van der Waals surface area contributed by atoms with E-state index >= 15 is 0 Å². The number of hydrogen-bond donors (Lipinski definition) is 0. The Morgan fingerprint density at radius 1 is 0.328 bits per heavy atom. The standard InChI is InChI=1S/C60H44N2O2/c1-37-14-12-20-46(28-37)61(54-22-10-8-16-39(54)3)48-26-24-42-32-50-52-36-53-51-33-43-25-27-49(62(47-21-13-15-38(2)29-47)55-23-11-9-17-40(55)4)31-45(43)35-57(51)64-60(53)58(41-18-6-5-7-19-41)59(52)63-56(50)34-44(42)30-48/h5-36H,1-4H3. The topological polar surface area (TPSA) is 32.8 Å². The Balaban J connectivity index is 1.04. The summed E-state index contributed by atoms with van der Waals surface area (Å²) in [6, 6.07) is 69.9. The molecule has 0 aliphatic carbocycles. The van der Waals surface area contributed by atoms with Crippen LogP contribution in [0.15, 0.2) is 203 Å². The van der Waals surface area contributed by atoms with Crippen LogP contribution in [0.5, 0.6) is 0 Å². The van der Waals surface area contributed by atoms with E-state index in [0.29, 0.717) is 0 Å². The number of anilines is 6. The van der Waals surface area contributed by atoms with E-state index in [1.807, 2.05) is 0 Å². The van der Waals surface area contributed by atoms with Crippen molar-refractivity contribution >= 4 is 99.5 Å². The molecular formula is C60H44N2O2. The average Bonchev–Trinajstić information content (AvgIpc) is 3.84. The first-order valence-corrected chi connectivity index (χ1v) is 22.0. The third-order valence-electron chi connectivity index (χ3n) is 12.9. The summed E-state index contributed by atoms with van der Waals surface area (Å²) < 4.78 is 14.0. The van der Waals surface area contributed by atoms with Crippen LogP contribution in [-0.2, 0) is 0 Å². The van der Waals surface area contributed by atoms with E-state index in [4.69, 9.17) is 8.83 Å². The van der Waals surface area contributed by atoms with Gasteiger partial charge >= 0.3 is 0 Å². The fourth-order valence-corrected chi connectivity index (χ4v) is 9.76. The second-order valence-electron chi connectivity index (χ2n) is 17.3. The zero-order valence-electron chi connectivity index (χ0n) is 36.2.